The highest BCUT2D eigenvalue weighted by Gasteiger charge is 2.10. The lowest BCUT2D eigenvalue weighted by atomic mass is 10.1. The average Bonchev–Trinajstić information content (AvgIpc) is 2.97. The van der Waals surface area contributed by atoms with E-state index in [-0.39, 0.29) is 0 Å². The van der Waals surface area contributed by atoms with Gasteiger partial charge < -0.3 is 0 Å². The SMILES string of the molecule is CS(=O)(=O)c1ccc(-n2cncc2-c2ccc(Cl)cc2)cc1. The summed E-state index contributed by atoms with van der Waals surface area (Å²) in [6, 6.07) is 14.2. The predicted molar refractivity (Wildman–Crippen MR) is 87.1 cm³/mol. The second-order valence-electron chi connectivity index (χ2n) is 4.92. The molecule has 0 aliphatic heterocycles. The van der Waals surface area contributed by atoms with Crippen molar-refractivity contribution in [1.82, 2.24) is 9.55 Å². The molecule has 0 N–H and O–H groups in total. The zero-order chi connectivity index (χ0) is 15.7. The number of hydrogen-bond acceptors (Lipinski definition) is 3. The molecule has 0 aliphatic carbocycles. The minimum Gasteiger partial charge on any atom is -0.299 e. The van der Waals surface area contributed by atoms with Crippen molar-refractivity contribution in [2.24, 2.45) is 0 Å². The predicted octanol–water partition coefficient (Wildman–Crippen LogP) is 3.60. The van der Waals surface area contributed by atoms with Gasteiger partial charge in [-0.2, -0.15) is 0 Å². The number of imidazole rings is 1. The molecule has 3 aromatic rings. The van der Waals surface area contributed by atoms with Crippen LogP contribution in [0, 0.1) is 0 Å². The van der Waals surface area contributed by atoms with Gasteiger partial charge in [0.25, 0.3) is 0 Å². The van der Waals surface area contributed by atoms with Crippen LogP contribution in [-0.4, -0.2) is 24.2 Å². The quantitative estimate of drug-likeness (QED) is 0.736. The van der Waals surface area contributed by atoms with Gasteiger partial charge in [-0.25, -0.2) is 13.4 Å². The summed E-state index contributed by atoms with van der Waals surface area (Å²) in [5, 5.41) is 0.673. The van der Waals surface area contributed by atoms with Crippen molar-refractivity contribution < 1.29 is 8.42 Å². The molecule has 0 amide bonds. The second-order valence-corrected chi connectivity index (χ2v) is 7.37. The van der Waals surface area contributed by atoms with Crippen LogP contribution < -0.4 is 0 Å². The number of aromatic nitrogens is 2. The van der Waals surface area contributed by atoms with E-state index in [0.717, 1.165) is 16.9 Å². The Morgan fingerprint density at radius 1 is 1.00 bits per heavy atom. The first-order valence-corrected chi connectivity index (χ1v) is 8.81. The average molecular weight is 333 g/mol. The summed E-state index contributed by atoms with van der Waals surface area (Å²) in [5.74, 6) is 0. The maximum Gasteiger partial charge on any atom is 0.175 e. The second kappa shape index (κ2) is 5.59. The Kier molecular flexibility index (Phi) is 3.76. The van der Waals surface area contributed by atoms with Gasteiger partial charge in [0.1, 0.15) is 0 Å². The van der Waals surface area contributed by atoms with Gasteiger partial charge in [0.2, 0.25) is 0 Å². The molecule has 3 rings (SSSR count). The molecule has 0 bridgehead atoms. The van der Waals surface area contributed by atoms with Gasteiger partial charge in [0, 0.05) is 22.5 Å². The lowest BCUT2D eigenvalue weighted by Gasteiger charge is -2.09. The third-order valence-electron chi connectivity index (χ3n) is 3.32. The van der Waals surface area contributed by atoms with Crippen molar-refractivity contribution in [2.75, 3.05) is 6.26 Å². The molecule has 0 radical (unpaired) electrons. The van der Waals surface area contributed by atoms with Crippen LogP contribution in [0.25, 0.3) is 16.9 Å². The largest absolute Gasteiger partial charge is 0.299 e. The van der Waals surface area contributed by atoms with E-state index in [1.165, 1.54) is 6.26 Å². The van der Waals surface area contributed by atoms with Gasteiger partial charge in [0.05, 0.1) is 23.1 Å². The Morgan fingerprint density at radius 3 is 2.23 bits per heavy atom. The Bertz CT molecular complexity index is 898. The van der Waals surface area contributed by atoms with Gasteiger partial charge >= 0.3 is 0 Å². The third-order valence-corrected chi connectivity index (χ3v) is 4.70. The van der Waals surface area contributed by atoms with Crippen molar-refractivity contribution in [3.63, 3.8) is 0 Å². The van der Waals surface area contributed by atoms with Crippen LogP contribution in [-0.2, 0) is 9.84 Å². The molecule has 22 heavy (non-hydrogen) atoms. The van der Waals surface area contributed by atoms with Crippen molar-refractivity contribution in [2.45, 2.75) is 4.90 Å². The van der Waals surface area contributed by atoms with Gasteiger partial charge in [-0.05, 0) is 36.4 Å². The lowest BCUT2D eigenvalue weighted by Crippen LogP contribution is -1.99. The number of hydrogen-bond donors (Lipinski definition) is 0. The normalized spacial score (nSPS) is 11.5. The molecule has 0 aliphatic rings. The van der Waals surface area contributed by atoms with E-state index < -0.39 is 9.84 Å². The standard InChI is InChI=1S/C16H13ClN2O2S/c1-22(20,21)15-8-6-14(7-9-15)19-11-18-10-16(19)12-2-4-13(17)5-3-12/h2-11H,1H3. The Balaban J connectivity index is 2.03. The molecular formula is C16H13ClN2O2S. The molecule has 2 aromatic carbocycles. The molecule has 1 heterocycles. The van der Waals surface area contributed by atoms with Gasteiger partial charge in [-0.15, -0.1) is 0 Å². The van der Waals surface area contributed by atoms with Gasteiger partial charge in [-0.3, -0.25) is 4.57 Å². The van der Waals surface area contributed by atoms with Gasteiger partial charge in [0.15, 0.2) is 9.84 Å². The minimum atomic E-state index is -3.19. The van der Waals surface area contributed by atoms with Crippen molar-refractivity contribution >= 4 is 21.4 Å². The summed E-state index contributed by atoms with van der Waals surface area (Å²) in [4.78, 5) is 4.48. The number of sulfone groups is 1. The first-order valence-electron chi connectivity index (χ1n) is 6.54. The highest BCUT2D eigenvalue weighted by molar-refractivity contribution is 7.90. The van der Waals surface area contributed by atoms with Crippen LogP contribution in [0.2, 0.25) is 5.02 Å². The fourth-order valence-electron chi connectivity index (χ4n) is 2.19. The Morgan fingerprint density at radius 2 is 1.64 bits per heavy atom. The molecule has 6 heteroatoms. The van der Waals surface area contributed by atoms with Crippen molar-refractivity contribution in [1.29, 1.82) is 0 Å². The van der Waals surface area contributed by atoms with Gasteiger partial charge in [-0.1, -0.05) is 23.7 Å². The van der Waals surface area contributed by atoms with Crippen LogP contribution in [0.4, 0.5) is 0 Å². The molecular weight excluding hydrogens is 320 g/mol. The zero-order valence-corrected chi connectivity index (χ0v) is 13.3. The first kappa shape index (κ1) is 14.8. The first-order chi connectivity index (χ1) is 10.4. The third kappa shape index (κ3) is 2.91. The van der Waals surface area contributed by atoms with Crippen molar-refractivity contribution in [3.05, 3.63) is 66.1 Å². The number of nitrogens with zero attached hydrogens (tertiary/aromatic N) is 2. The van der Waals surface area contributed by atoms with E-state index in [4.69, 9.17) is 11.6 Å². The van der Waals surface area contributed by atoms with E-state index in [0.29, 0.717) is 9.92 Å². The van der Waals surface area contributed by atoms with Crippen LogP contribution in [0.15, 0.2) is 66.0 Å². The molecule has 0 fully saturated rings. The summed E-state index contributed by atoms with van der Waals surface area (Å²) in [5.41, 5.74) is 2.73. The Labute approximate surface area is 133 Å². The fourth-order valence-corrected chi connectivity index (χ4v) is 2.95. The summed E-state index contributed by atoms with van der Waals surface area (Å²) in [6.45, 7) is 0. The van der Waals surface area contributed by atoms with Crippen LogP contribution in [0.1, 0.15) is 0 Å². The molecule has 112 valence electrons. The van der Waals surface area contributed by atoms with Crippen molar-refractivity contribution in [3.8, 4) is 16.9 Å². The molecule has 1 aromatic heterocycles. The van der Waals surface area contributed by atoms with E-state index in [1.807, 2.05) is 28.8 Å². The van der Waals surface area contributed by atoms with E-state index in [1.54, 1.807) is 36.8 Å². The number of benzene rings is 2. The summed E-state index contributed by atoms with van der Waals surface area (Å²) in [7, 11) is -3.19. The van der Waals surface area contributed by atoms with E-state index in [9.17, 15) is 8.42 Å². The van der Waals surface area contributed by atoms with E-state index in [2.05, 4.69) is 4.98 Å². The molecule has 0 unspecified atom stereocenters. The highest BCUT2D eigenvalue weighted by Crippen LogP contribution is 2.24. The minimum absolute atomic E-state index is 0.296. The topological polar surface area (TPSA) is 52.0 Å². The summed E-state index contributed by atoms with van der Waals surface area (Å²) < 4.78 is 24.9. The smallest absolute Gasteiger partial charge is 0.175 e. The number of rotatable bonds is 3. The summed E-state index contributed by atoms with van der Waals surface area (Å²) in [6.07, 6.45) is 4.64. The fraction of sp³-hybridized carbons (Fsp3) is 0.0625. The van der Waals surface area contributed by atoms with Crippen LogP contribution >= 0.6 is 11.6 Å². The highest BCUT2D eigenvalue weighted by atomic mass is 35.5. The monoisotopic (exact) mass is 332 g/mol. The van der Waals surface area contributed by atoms with Crippen LogP contribution in [0.5, 0.6) is 0 Å². The lowest BCUT2D eigenvalue weighted by molar-refractivity contribution is 0.602. The zero-order valence-electron chi connectivity index (χ0n) is 11.8. The molecule has 4 nitrogen and oxygen atoms in total. The maximum absolute atomic E-state index is 11.5. The van der Waals surface area contributed by atoms with Crippen LogP contribution in [0.3, 0.4) is 0 Å². The Hall–Kier alpha value is -2.11. The van der Waals surface area contributed by atoms with E-state index >= 15 is 0 Å². The molecule has 0 saturated carbocycles. The maximum atomic E-state index is 11.5. The number of halogens is 1. The summed E-state index contributed by atoms with van der Waals surface area (Å²) >= 11 is 5.91. The molecule has 0 spiro atoms. The molecule has 0 atom stereocenters. The molecule has 0 saturated heterocycles.